The van der Waals surface area contributed by atoms with E-state index in [1.165, 1.54) is 0 Å². The largest absolute Gasteiger partial charge is 0.466 e. The van der Waals surface area contributed by atoms with E-state index in [1.54, 1.807) is 6.92 Å². The van der Waals surface area contributed by atoms with Crippen LogP contribution in [-0.2, 0) is 19.1 Å². The Balaban J connectivity index is 2.53. The summed E-state index contributed by atoms with van der Waals surface area (Å²) < 4.78 is 10.3. The molecular formula is C14H25NO4. The van der Waals surface area contributed by atoms with Gasteiger partial charge in [-0.3, -0.25) is 14.5 Å². The Morgan fingerprint density at radius 3 is 2.42 bits per heavy atom. The minimum absolute atomic E-state index is 0.0663. The average molecular weight is 271 g/mol. The second-order valence-corrected chi connectivity index (χ2v) is 5.96. The molecule has 0 amide bonds. The van der Waals surface area contributed by atoms with Crippen LogP contribution in [0.15, 0.2) is 0 Å². The third kappa shape index (κ3) is 4.82. The van der Waals surface area contributed by atoms with Crippen LogP contribution in [0.25, 0.3) is 0 Å². The van der Waals surface area contributed by atoms with Crippen LogP contribution in [0.2, 0.25) is 0 Å². The molecular weight excluding hydrogens is 246 g/mol. The summed E-state index contributed by atoms with van der Waals surface area (Å²) in [5.41, 5.74) is -0.475. The lowest BCUT2D eigenvalue weighted by Gasteiger charge is -2.27. The minimum atomic E-state index is -0.475. The standard InChI is InChI=1S/C14H25NO4/c1-6-18-12(16)9-10-7-8-11(15(10)5)13(17)19-14(2,3)4/h10-11H,6-9H2,1-5H3/t10-,11+/m0/s1. The molecule has 1 fully saturated rings. The van der Waals surface area contributed by atoms with E-state index in [9.17, 15) is 9.59 Å². The first-order valence-electron chi connectivity index (χ1n) is 6.85. The summed E-state index contributed by atoms with van der Waals surface area (Å²) in [6, 6.07) is -0.185. The molecule has 0 bridgehead atoms. The molecule has 0 radical (unpaired) electrons. The van der Waals surface area contributed by atoms with E-state index in [0.29, 0.717) is 13.0 Å². The summed E-state index contributed by atoms with van der Waals surface area (Å²) in [5, 5.41) is 0. The van der Waals surface area contributed by atoms with Gasteiger partial charge in [0.15, 0.2) is 0 Å². The van der Waals surface area contributed by atoms with Crippen molar-refractivity contribution in [3.8, 4) is 0 Å². The molecule has 0 aromatic heterocycles. The summed E-state index contributed by atoms with van der Waals surface area (Å²) in [7, 11) is 1.87. The molecule has 0 spiro atoms. The first-order valence-corrected chi connectivity index (χ1v) is 6.85. The number of hydrogen-bond donors (Lipinski definition) is 0. The lowest BCUT2D eigenvalue weighted by Crippen LogP contribution is -2.42. The molecule has 1 aliphatic rings. The van der Waals surface area contributed by atoms with Gasteiger partial charge < -0.3 is 9.47 Å². The van der Waals surface area contributed by atoms with Crippen molar-refractivity contribution in [1.29, 1.82) is 0 Å². The van der Waals surface area contributed by atoms with Gasteiger partial charge in [-0.2, -0.15) is 0 Å². The van der Waals surface area contributed by atoms with E-state index in [2.05, 4.69) is 0 Å². The molecule has 1 rings (SSSR count). The maximum absolute atomic E-state index is 12.0. The number of hydrogen-bond acceptors (Lipinski definition) is 5. The summed E-state index contributed by atoms with van der Waals surface area (Å²) in [5.74, 6) is -0.412. The normalized spacial score (nSPS) is 24.3. The molecule has 0 aliphatic carbocycles. The maximum Gasteiger partial charge on any atom is 0.323 e. The molecule has 1 heterocycles. The van der Waals surface area contributed by atoms with Crippen molar-refractivity contribution >= 4 is 11.9 Å². The van der Waals surface area contributed by atoms with Crippen LogP contribution < -0.4 is 0 Å². The topological polar surface area (TPSA) is 55.8 Å². The molecule has 0 saturated carbocycles. The van der Waals surface area contributed by atoms with Gasteiger partial charge in [0, 0.05) is 6.04 Å². The van der Waals surface area contributed by atoms with Gasteiger partial charge in [-0.05, 0) is 47.6 Å². The average Bonchev–Trinajstić information content (AvgIpc) is 2.58. The van der Waals surface area contributed by atoms with Crippen molar-refractivity contribution in [3.63, 3.8) is 0 Å². The Morgan fingerprint density at radius 1 is 1.26 bits per heavy atom. The van der Waals surface area contributed by atoms with Crippen LogP contribution >= 0.6 is 0 Å². The first kappa shape index (κ1) is 16.0. The van der Waals surface area contributed by atoms with Crippen LogP contribution in [0.5, 0.6) is 0 Å². The van der Waals surface area contributed by atoms with Gasteiger partial charge in [0.25, 0.3) is 0 Å². The number of ether oxygens (including phenoxy) is 2. The van der Waals surface area contributed by atoms with Gasteiger partial charge in [0.2, 0.25) is 0 Å². The van der Waals surface area contributed by atoms with E-state index < -0.39 is 5.60 Å². The fraction of sp³-hybridized carbons (Fsp3) is 0.857. The number of nitrogens with zero attached hydrogens (tertiary/aromatic N) is 1. The Hall–Kier alpha value is -1.10. The highest BCUT2D eigenvalue weighted by atomic mass is 16.6. The molecule has 19 heavy (non-hydrogen) atoms. The van der Waals surface area contributed by atoms with Gasteiger partial charge >= 0.3 is 11.9 Å². The molecule has 5 nitrogen and oxygen atoms in total. The molecule has 1 saturated heterocycles. The van der Waals surface area contributed by atoms with E-state index in [0.717, 1.165) is 12.8 Å². The third-order valence-electron chi connectivity index (χ3n) is 3.23. The smallest absolute Gasteiger partial charge is 0.323 e. The van der Waals surface area contributed by atoms with Crippen molar-refractivity contribution < 1.29 is 19.1 Å². The Bertz CT molecular complexity index is 335. The van der Waals surface area contributed by atoms with E-state index >= 15 is 0 Å². The zero-order chi connectivity index (χ0) is 14.6. The van der Waals surface area contributed by atoms with Gasteiger partial charge in [-0.15, -0.1) is 0 Å². The lowest BCUT2D eigenvalue weighted by atomic mass is 10.1. The zero-order valence-corrected chi connectivity index (χ0v) is 12.6. The first-order chi connectivity index (χ1) is 8.74. The van der Waals surface area contributed by atoms with Gasteiger partial charge in [0.1, 0.15) is 11.6 Å². The third-order valence-corrected chi connectivity index (χ3v) is 3.23. The number of carbonyl (C=O) groups excluding carboxylic acids is 2. The summed E-state index contributed by atoms with van der Waals surface area (Å²) in [6.07, 6.45) is 1.89. The number of likely N-dealkylation sites (tertiary alicyclic amines) is 1. The molecule has 0 unspecified atom stereocenters. The van der Waals surface area contributed by atoms with Crippen LogP contribution in [0.3, 0.4) is 0 Å². The van der Waals surface area contributed by atoms with E-state index in [-0.39, 0.29) is 24.0 Å². The maximum atomic E-state index is 12.0. The SMILES string of the molecule is CCOC(=O)C[C@@H]1CC[C@H](C(=O)OC(C)(C)C)N1C. The van der Waals surface area contributed by atoms with Crippen molar-refractivity contribution in [2.24, 2.45) is 0 Å². The highest BCUT2D eigenvalue weighted by Crippen LogP contribution is 2.26. The predicted molar refractivity (Wildman–Crippen MR) is 71.7 cm³/mol. The van der Waals surface area contributed by atoms with E-state index in [1.807, 2.05) is 32.7 Å². The Kier molecular flexibility index (Phi) is 5.35. The fourth-order valence-electron chi connectivity index (χ4n) is 2.32. The van der Waals surface area contributed by atoms with Gasteiger partial charge in [0.05, 0.1) is 13.0 Å². The molecule has 2 atom stereocenters. The van der Waals surface area contributed by atoms with Crippen LogP contribution in [0.1, 0.15) is 47.0 Å². The van der Waals surface area contributed by atoms with Gasteiger partial charge in [-0.1, -0.05) is 0 Å². The lowest BCUT2D eigenvalue weighted by molar-refractivity contribution is -0.161. The molecule has 0 N–H and O–H groups in total. The Labute approximate surface area is 115 Å². The molecule has 0 aromatic carbocycles. The zero-order valence-electron chi connectivity index (χ0n) is 12.6. The van der Waals surface area contributed by atoms with Crippen molar-refractivity contribution in [3.05, 3.63) is 0 Å². The summed E-state index contributed by atoms with van der Waals surface area (Å²) in [4.78, 5) is 25.5. The molecule has 110 valence electrons. The monoisotopic (exact) mass is 271 g/mol. The van der Waals surface area contributed by atoms with Crippen molar-refractivity contribution in [2.75, 3.05) is 13.7 Å². The number of esters is 2. The number of likely N-dealkylation sites (N-methyl/N-ethyl adjacent to an activating group) is 1. The second-order valence-electron chi connectivity index (χ2n) is 5.96. The quantitative estimate of drug-likeness (QED) is 0.729. The minimum Gasteiger partial charge on any atom is -0.466 e. The highest BCUT2D eigenvalue weighted by molar-refractivity contribution is 5.77. The van der Waals surface area contributed by atoms with Crippen LogP contribution in [0, 0.1) is 0 Å². The number of rotatable bonds is 4. The molecule has 5 heteroatoms. The van der Waals surface area contributed by atoms with Crippen LogP contribution in [0.4, 0.5) is 0 Å². The van der Waals surface area contributed by atoms with E-state index in [4.69, 9.17) is 9.47 Å². The fourth-order valence-corrected chi connectivity index (χ4v) is 2.32. The predicted octanol–water partition coefficient (Wildman–Crippen LogP) is 1.74. The molecule has 1 aliphatic heterocycles. The Morgan fingerprint density at radius 2 is 1.89 bits per heavy atom. The summed E-state index contributed by atoms with van der Waals surface area (Å²) >= 11 is 0. The second kappa shape index (κ2) is 6.37. The summed E-state index contributed by atoms with van der Waals surface area (Å²) in [6.45, 7) is 7.76. The number of carbonyl (C=O) groups is 2. The van der Waals surface area contributed by atoms with Crippen LogP contribution in [-0.4, -0.2) is 48.2 Å². The highest BCUT2D eigenvalue weighted by Gasteiger charge is 2.38. The van der Waals surface area contributed by atoms with Crippen molar-refractivity contribution in [1.82, 2.24) is 4.90 Å². The van der Waals surface area contributed by atoms with Gasteiger partial charge in [-0.25, -0.2) is 0 Å². The molecule has 0 aromatic rings. The van der Waals surface area contributed by atoms with Crippen molar-refractivity contribution in [2.45, 2.75) is 64.6 Å².